The number of methoxy groups -OCH3 is 1. The third kappa shape index (κ3) is 5.32. The van der Waals surface area contributed by atoms with Crippen LogP contribution in [0.5, 0.6) is 0 Å². The molecule has 6 nitrogen and oxygen atoms in total. The molecule has 0 spiro atoms. The lowest BCUT2D eigenvalue weighted by atomic mass is 10.3. The quantitative estimate of drug-likeness (QED) is 0.440. The molecule has 0 amide bonds. The van der Waals surface area contributed by atoms with Crippen LogP contribution in [0, 0.1) is 13.8 Å². The highest BCUT2D eigenvalue weighted by atomic mass is 127. The van der Waals surface area contributed by atoms with E-state index in [2.05, 4.69) is 20.2 Å². The highest BCUT2D eigenvalue weighted by Crippen LogP contribution is 2.16. The predicted molar refractivity (Wildman–Crippen MR) is 100 cm³/mol. The highest BCUT2D eigenvalue weighted by molar-refractivity contribution is 14.0. The minimum atomic E-state index is 0. The van der Waals surface area contributed by atoms with E-state index in [4.69, 9.17) is 9.47 Å². The summed E-state index contributed by atoms with van der Waals surface area (Å²) < 4.78 is 10.8. The molecule has 0 saturated carbocycles. The van der Waals surface area contributed by atoms with Crippen molar-refractivity contribution < 1.29 is 9.47 Å². The maximum absolute atomic E-state index is 5.67. The largest absolute Gasteiger partial charge is 0.382 e. The fraction of sp³-hybridized carbons (Fsp3) is 0.714. The molecular weight excluding hydrogens is 415 g/mol. The molecule has 8 heteroatoms. The lowest BCUT2D eigenvalue weighted by Crippen LogP contribution is -2.51. The predicted octanol–water partition coefficient (Wildman–Crippen LogP) is 1.80. The van der Waals surface area contributed by atoms with Gasteiger partial charge in [-0.05, 0) is 13.8 Å². The Morgan fingerprint density at radius 1 is 1.55 bits per heavy atom. The molecule has 0 bridgehead atoms. The van der Waals surface area contributed by atoms with E-state index in [1.54, 1.807) is 18.4 Å². The Morgan fingerprint density at radius 2 is 2.32 bits per heavy atom. The van der Waals surface area contributed by atoms with Crippen molar-refractivity contribution in [2.24, 2.45) is 4.99 Å². The Bertz CT molecular complexity index is 493. The van der Waals surface area contributed by atoms with E-state index in [-0.39, 0.29) is 30.1 Å². The molecule has 0 aromatic carbocycles. The van der Waals surface area contributed by atoms with Crippen LogP contribution in [0.1, 0.15) is 15.6 Å². The Labute approximate surface area is 153 Å². The lowest BCUT2D eigenvalue weighted by Gasteiger charge is -2.34. The summed E-state index contributed by atoms with van der Waals surface area (Å²) in [4.78, 5) is 12.3. The summed E-state index contributed by atoms with van der Waals surface area (Å²) in [5.41, 5.74) is 1.10. The van der Waals surface area contributed by atoms with Gasteiger partial charge in [0.2, 0.25) is 0 Å². The van der Waals surface area contributed by atoms with Gasteiger partial charge in [0.25, 0.3) is 0 Å². The van der Waals surface area contributed by atoms with Crippen LogP contribution in [0.3, 0.4) is 0 Å². The molecule has 0 aliphatic carbocycles. The van der Waals surface area contributed by atoms with Gasteiger partial charge >= 0.3 is 0 Å². The van der Waals surface area contributed by atoms with Crippen molar-refractivity contribution in [1.82, 2.24) is 15.2 Å². The molecule has 126 valence electrons. The normalized spacial score (nSPS) is 19.0. The summed E-state index contributed by atoms with van der Waals surface area (Å²) in [6, 6.07) is 0. The van der Waals surface area contributed by atoms with Gasteiger partial charge in [0, 0.05) is 32.1 Å². The van der Waals surface area contributed by atoms with Crippen molar-refractivity contribution in [3.05, 3.63) is 15.6 Å². The van der Waals surface area contributed by atoms with Crippen LogP contribution in [0.4, 0.5) is 0 Å². The second-order valence-electron chi connectivity index (χ2n) is 5.04. The highest BCUT2D eigenvalue weighted by Gasteiger charge is 2.22. The van der Waals surface area contributed by atoms with Gasteiger partial charge in [0.05, 0.1) is 36.6 Å². The number of rotatable bonds is 4. The standard InChI is InChI=1S/C14H24N4O2S.HI/c1-10-13(21-11(2)17-10)7-16-14(15-3)18-5-6-20-12(8-18)9-19-4;/h12H,5-9H2,1-4H3,(H,15,16);1H. The number of guanidine groups is 1. The van der Waals surface area contributed by atoms with E-state index in [1.807, 2.05) is 20.9 Å². The molecule has 1 N–H and O–H groups in total. The molecule has 1 fully saturated rings. The van der Waals surface area contributed by atoms with E-state index in [1.165, 1.54) is 4.88 Å². The zero-order valence-electron chi connectivity index (χ0n) is 13.6. The first-order chi connectivity index (χ1) is 10.1. The smallest absolute Gasteiger partial charge is 0.194 e. The first kappa shape index (κ1) is 19.6. The summed E-state index contributed by atoms with van der Waals surface area (Å²) >= 11 is 1.73. The van der Waals surface area contributed by atoms with Crippen LogP contribution in [-0.4, -0.2) is 62.4 Å². The Balaban J connectivity index is 0.00000242. The minimum Gasteiger partial charge on any atom is -0.382 e. The monoisotopic (exact) mass is 440 g/mol. The third-order valence-electron chi connectivity index (χ3n) is 3.41. The summed E-state index contributed by atoms with van der Waals surface area (Å²) in [7, 11) is 3.51. The molecule has 1 aliphatic rings. The maximum atomic E-state index is 5.67. The molecule has 1 unspecified atom stereocenters. The van der Waals surface area contributed by atoms with Crippen molar-refractivity contribution in [2.75, 3.05) is 40.5 Å². The molecular formula is C14H25IN4O2S. The van der Waals surface area contributed by atoms with Gasteiger partial charge < -0.3 is 19.7 Å². The molecule has 1 aliphatic heterocycles. The topological polar surface area (TPSA) is 59.0 Å². The number of nitrogens with one attached hydrogen (secondary N) is 1. The molecule has 1 aromatic heterocycles. The van der Waals surface area contributed by atoms with Crippen molar-refractivity contribution in [1.29, 1.82) is 0 Å². The fourth-order valence-corrected chi connectivity index (χ4v) is 3.30. The summed E-state index contributed by atoms with van der Waals surface area (Å²) in [5, 5.41) is 4.52. The Hall–Kier alpha value is -0.450. The minimum absolute atomic E-state index is 0. The SMILES string of the molecule is CN=C(NCc1sc(C)nc1C)N1CCOC(COC)C1.I. The number of hydrogen-bond donors (Lipinski definition) is 1. The molecule has 1 atom stereocenters. The average Bonchev–Trinajstić information content (AvgIpc) is 2.79. The first-order valence-electron chi connectivity index (χ1n) is 7.13. The van der Waals surface area contributed by atoms with Crippen molar-refractivity contribution >= 4 is 41.3 Å². The number of hydrogen-bond acceptors (Lipinski definition) is 5. The van der Waals surface area contributed by atoms with Gasteiger partial charge in [-0.1, -0.05) is 0 Å². The molecule has 22 heavy (non-hydrogen) atoms. The Kier molecular flexibility index (Phi) is 8.58. The fourth-order valence-electron chi connectivity index (χ4n) is 2.43. The number of thiazole rings is 1. The van der Waals surface area contributed by atoms with Gasteiger partial charge in [-0.3, -0.25) is 4.99 Å². The number of aryl methyl sites for hydroxylation is 2. The van der Waals surface area contributed by atoms with Gasteiger partial charge in [0.1, 0.15) is 0 Å². The molecule has 2 rings (SSSR count). The maximum Gasteiger partial charge on any atom is 0.194 e. The van der Waals surface area contributed by atoms with Crippen LogP contribution < -0.4 is 5.32 Å². The van der Waals surface area contributed by atoms with Crippen molar-refractivity contribution in [3.8, 4) is 0 Å². The molecule has 0 radical (unpaired) electrons. The van der Waals surface area contributed by atoms with E-state index in [0.717, 1.165) is 36.3 Å². The zero-order chi connectivity index (χ0) is 15.2. The van der Waals surface area contributed by atoms with Crippen LogP contribution in [-0.2, 0) is 16.0 Å². The van der Waals surface area contributed by atoms with Gasteiger partial charge in [-0.25, -0.2) is 4.98 Å². The average molecular weight is 440 g/mol. The Morgan fingerprint density at radius 3 is 2.91 bits per heavy atom. The van der Waals surface area contributed by atoms with E-state index in [9.17, 15) is 0 Å². The van der Waals surface area contributed by atoms with E-state index < -0.39 is 0 Å². The number of halogens is 1. The molecule has 1 saturated heterocycles. The third-order valence-corrected chi connectivity index (χ3v) is 4.48. The van der Waals surface area contributed by atoms with E-state index in [0.29, 0.717) is 13.2 Å². The van der Waals surface area contributed by atoms with Crippen LogP contribution in [0.2, 0.25) is 0 Å². The van der Waals surface area contributed by atoms with E-state index >= 15 is 0 Å². The number of nitrogens with zero attached hydrogens (tertiary/aromatic N) is 3. The van der Waals surface area contributed by atoms with Crippen LogP contribution in [0.25, 0.3) is 0 Å². The van der Waals surface area contributed by atoms with Crippen molar-refractivity contribution in [3.63, 3.8) is 0 Å². The summed E-state index contributed by atoms with van der Waals surface area (Å²) in [6.45, 7) is 7.80. The zero-order valence-corrected chi connectivity index (χ0v) is 16.7. The van der Waals surface area contributed by atoms with Gasteiger partial charge in [-0.2, -0.15) is 0 Å². The number of morpholine rings is 1. The van der Waals surface area contributed by atoms with Crippen LogP contribution in [0.15, 0.2) is 4.99 Å². The van der Waals surface area contributed by atoms with Gasteiger partial charge in [0.15, 0.2) is 5.96 Å². The molecule has 2 heterocycles. The lowest BCUT2D eigenvalue weighted by molar-refractivity contribution is -0.0447. The number of aromatic nitrogens is 1. The second-order valence-corrected chi connectivity index (χ2v) is 6.32. The van der Waals surface area contributed by atoms with Crippen molar-refractivity contribution in [2.45, 2.75) is 26.5 Å². The second kappa shape index (κ2) is 9.64. The number of aliphatic imine (C=N–C) groups is 1. The van der Waals surface area contributed by atoms with Crippen LogP contribution >= 0.6 is 35.3 Å². The van der Waals surface area contributed by atoms with Gasteiger partial charge in [-0.15, -0.1) is 35.3 Å². The summed E-state index contributed by atoms with van der Waals surface area (Å²) in [6.07, 6.45) is 0.106. The molecule has 1 aromatic rings. The summed E-state index contributed by atoms with van der Waals surface area (Å²) in [5.74, 6) is 0.907. The first-order valence-corrected chi connectivity index (χ1v) is 7.94. The number of ether oxygens (including phenoxy) is 2.